The molecule has 1 fully saturated rings. The van der Waals surface area contributed by atoms with Gasteiger partial charge in [-0.2, -0.15) is 0 Å². The van der Waals surface area contributed by atoms with Gasteiger partial charge in [0.25, 0.3) is 0 Å². The molecule has 4 rings (SSSR count). The van der Waals surface area contributed by atoms with Gasteiger partial charge in [-0.05, 0) is 24.3 Å². The van der Waals surface area contributed by atoms with Crippen LogP contribution in [0, 0.1) is 0 Å². The fourth-order valence-corrected chi connectivity index (χ4v) is 3.15. The smallest absolute Gasteiger partial charge is 0.347 e. The van der Waals surface area contributed by atoms with Crippen LogP contribution in [-0.2, 0) is 14.3 Å². The molecule has 1 saturated heterocycles. The van der Waals surface area contributed by atoms with Crippen LogP contribution in [-0.4, -0.2) is 29.6 Å². The number of carbonyl (C=O) groups is 2. The lowest BCUT2D eigenvalue weighted by Crippen LogP contribution is -2.23. The summed E-state index contributed by atoms with van der Waals surface area (Å²) < 4.78 is 11.2. The quantitative estimate of drug-likeness (QED) is 0.606. The number of esters is 2. The van der Waals surface area contributed by atoms with Crippen molar-refractivity contribution in [2.45, 2.75) is 12.5 Å². The number of nitrogens with zero attached hydrogens (tertiary/aromatic N) is 1. The largest absolute Gasteiger partial charge is 0.463 e. The Bertz CT molecular complexity index is 1000. The van der Waals surface area contributed by atoms with Gasteiger partial charge in [-0.3, -0.25) is 0 Å². The Kier molecular flexibility index (Phi) is 4.42. The number of fused-ring (bicyclic) bond motifs is 1. The molecule has 2 aromatic carbocycles. The van der Waals surface area contributed by atoms with Crippen LogP contribution in [0.5, 0.6) is 0 Å². The van der Waals surface area contributed by atoms with E-state index < -0.39 is 18.0 Å². The molecule has 1 aliphatic rings. The number of aromatic nitrogens is 1. The second kappa shape index (κ2) is 6.88. The zero-order chi connectivity index (χ0) is 18.1. The molecule has 0 saturated carbocycles. The SMILES string of the molecule is O=C(O[C@@H]1CCOC1=O)c1cc(-c2ccc(Br)cc2)nc2ccccc12. The summed E-state index contributed by atoms with van der Waals surface area (Å²) in [6.07, 6.45) is -0.460. The summed E-state index contributed by atoms with van der Waals surface area (Å²) in [4.78, 5) is 29.0. The molecule has 3 aromatic rings. The first-order valence-electron chi connectivity index (χ1n) is 8.15. The molecule has 0 unspecified atom stereocenters. The Hall–Kier alpha value is -2.73. The third kappa shape index (κ3) is 3.20. The lowest BCUT2D eigenvalue weighted by Gasteiger charge is -2.12. The normalized spacial score (nSPS) is 16.5. The van der Waals surface area contributed by atoms with Crippen molar-refractivity contribution in [3.05, 3.63) is 64.6 Å². The van der Waals surface area contributed by atoms with E-state index in [1.54, 1.807) is 6.07 Å². The Balaban J connectivity index is 1.78. The zero-order valence-corrected chi connectivity index (χ0v) is 15.2. The molecule has 1 aliphatic heterocycles. The van der Waals surface area contributed by atoms with Gasteiger partial charge in [0, 0.05) is 21.8 Å². The van der Waals surface area contributed by atoms with Crippen molar-refractivity contribution in [3.63, 3.8) is 0 Å². The molecule has 0 aliphatic carbocycles. The maximum Gasteiger partial charge on any atom is 0.347 e. The Morgan fingerprint density at radius 1 is 1.15 bits per heavy atom. The van der Waals surface area contributed by atoms with Crippen molar-refractivity contribution < 1.29 is 19.1 Å². The summed E-state index contributed by atoms with van der Waals surface area (Å²) in [7, 11) is 0. The minimum absolute atomic E-state index is 0.276. The molecule has 6 heteroatoms. The van der Waals surface area contributed by atoms with Crippen molar-refractivity contribution >= 4 is 38.8 Å². The number of halogens is 1. The maximum atomic E-state index is 12.7. The summed E-state index contributed by atoms with van der Waals surface area (Å²) in [5.74, 6) is -1.05. The molecule has 26 heavy (non-hydrogen) atoms. The Labute approximate surface area is 158 Å². The molecule has 0 amide bonds. The summed E-state index contributed by atoms with van der Waals surface area (Å²) in [5.41, 5.74) is 2.62. The number of ether oxygens (including phenoxy) is 2. The molecule has 1 atom stereocenters. The number of rotatable bonds is 3. The average Bonchev–Trinajstić information content (AvgIpc) is 3.06. The molecule has 0 bridgehead atoms. The van der Waals surface area contributed by atoms with Gasteiger partial charge < -0.3 is 9.47 Å². The Morgan fingerprint density at radius 3 is 2.65 bits per heavy atom. The predicted octanol–water partition coefficient (Wildman–Crippen LogP) is 4.14. The van der Waals surface area contributed by atoms with Gasteiger partial charge in [-0.1, -0.05) is 46.3 Å². The lowest BCUT2D eigenvalue weighted by molar-refractivity contribution is -0.145. The second-order valence-electron chi connectivity index (χ2n) is 5.93. The molecule has 0 spiro atoms. The van der Waals surface area contributed by atoms with E-state index in [9.17, 15) is 9.59 Å². The molecule has 0 radical (unpaired) electrons. The number of pyridine rings is 1. The standard InChI is InChI=1S/C20H14BrNO4/c21-13-7-5-12(6-8-13)17-11-15(14-3-1-2-4-16(14)22-17)19(23)26-18-9-10-25-20(18)24/h1-8,11,18H,9-10H2/t18-/m1/s1. The van der Waals surface area contributed by atoms with E-state index in [0.717, 1.165) is 10.0 Å². The molecule has 0 N–H and O–H groups in total. The third-order valence-electron chi connectivity index (χ3n) is 4.21. The number of hydrogen-bond donors (Lipinski definition) is 0. The molecule has 130 valence electrons. The van der Waals surface area contributed by atoms with Crippen molar-refractivity contribution in [1.82, 2.24) is 4.98 Å². The number of hydrogen-bond acceptors (Lipinski definition) is 5. The third-order valence-corrected chi connectivity index (χ3v) is 4.74. The van der Waals surface area contributed by atoms with Crippen molar-refractivity contribution in [3.8, 4) is 11.3 Å². The lowest BCUT2D eigenvalue weighted by atomic mass is 10.0. The topological polar surface area (TPSA) is 65.5 Å². The van der Waals surface area contributed by atoms with Crippen molar-refractivity contribution in [2.75, 3.05) is 6.61 Å². The zero-order valence-electron chi connectivity index (χ0n) is 13.6. The molecule has 2 heterocycles. The first kappa shape index (κ1) is 16.7. The van der Waals surface area contributed by atoms with Crippen molar-refractivity contribution in [1.29, 1.82) is 0 Å². The van der Waals surface area contributed by atoms with Crippen LogP contribution in [0.3, 0.4) is 0 Å². The molecular formula is C20H14BrNO4. The van der Waals surface area contributed by atoms with E-state index in [1.807, 2.05) is 48.5 Å². The van der Waals surface area contributed by atoms with Crippen LogP contribution >= 0.6 is 15.9 Å². The van der Waals surface area contributed by atoms with Gasteiger partial charge in [0.15, 0.2) is 0 Å². The molecule has 1 aromatic heterocycles. The minimum atomic E-state index is -0.842. The van der Waals surface area contributed by atoms with Crippen LogP contribution in [0.15, 0.2) is 59.1 Å². The molecular weight excluding hydrogens is 398 g/mol. The van der Waals surface area contributed by atoms with Crippen LogP contribution in [0.1, 0.15) is 16.8 Å². The highest BCUT2D eigenvalue weighted by Crippen LogP contribution is 2.27. The molecule has 5 nitrogen and oxygen atoms in total. The van der Waals surface area contributed by atoms with E-state index in [2.05, 4.69) is 20.9 Å². The van der Waals surface area contributed by atoms with Gasteiger partial charge in [-0.25, -0.2) is 14.6 Å². The van der Waals surface area contributed by atoms with Crippen molar-refractivity contribution in [2.24, 2.45) is 0 Å². The highest BCUT2D eigenvalue weighted by molar-refractivity contribution is 9.10. The van der Waals surface area contributed by atoms with Gasteiger partial charge in [0.05, 0.1) is 23.4 Å². The van der Waals surface area contributed by atoms with Crippen LogP contribution in [0.25, 0.3) is 22.2 Å². The Morgan fingerprint density at radius 2 is 1.92 bits per heavy atom. The fraction of sp³-hybridized carbons (Fsp3) is 0.150. The number of carbonyl (C=O) groups excluding carboxylic acids is 2. The van der Waals surface area contributed by atoms with Gasteiger partial charge in [0.2, 0.25) is 6.10 Å². The summed E-state index contributed by atoms with van der Waals surface area (Å²) >= 11 is 3.41. The van der Waals surface area contributed by atoms with Crippen LogP contribution < -0.4 is 0 Å². The van der Waals surface area contributed by atoms with E-state index >= 15 is 0 Å². The number of para-hydroxylation sites is 1. The predicted molar refractivity (Wildman–Crippen MR) is 99.7 cm³/mol. The van der Waals surface area contributed by atoms with E-state index in [4.69, 9.17) is 9.47 Å². The maximum absolute atomic E-state index is 12.7. The fourth-order valence-electron chi connectivity index (χ4n) is 2.89. The first-order valence-corrected chi connectivity index (χ1v) is 8.94. The van der Waals surface area contributed by atoms with Crippen LogP contribution in [0.4, 0.5) is 0 Å². The minimum Gasteiger partial charge on any atom is -0.463 e. The van der Waals surface area contributed by atoms with Gasteiger partial charge in [-0.15, -0.1) is 0 Å². The summed E-state index contributed by atoms with van der Waals surface area (Å²) in [6, 6.07) is 16.7. The first-order chi connectivity index (χ1) is 12.6. The van der Waals surface area contributed by atoms with E-state index in [0.29, 0.717) is 28.6 Å². The number of cyclic esters (lactones) is 1. The summed E-state index contributed by atoms with van der Waals surface area (Å²) in [5, 5.41) is 0.685. The summed E-state index contributed by atoms with van der Waals surface area (Å²) in [6.45, 7) is 0.276. The highest BCUT2D eigenvalue weighted by Gasteiger charge is 2.31. The average molecular weight is 412 g/mol. The van der Waals surface area contributed by atoms with E-state index in [1.165, 1.54) is 0 Å². The number of benzene rings is 2. The van der Waals surface area contributed by atoms with E-state index in [-0.39, 0.29) is 6.61 Å². The highest BCUT2D eigenvalue weighted by atomic mass is 79.9. The van der Waals surface area contributed by atoms with Gasteiger partial charge in [0.1, 0.15) is 0 Å². The van der Waals surface area contributed by atoms with Gasteiger partial charge >= 0.3 is 11.9 Å². The second-order valence-corrected chi connectivity index (χ2v) is 6.84. The van der Waals surface area contributed by atoms with Crippen LogP contribution in [0.2, 0.25) is 0 Å². The monoisotopic (exact) mass is 411 g/mol.